The molecule has 0 atom stereocenters. The summed E-state index contributed by atoms with van der Waals surface area (Å²) in [5.41, 5.74) is 2.05. The Hall–Kier alpha value is -3.74. The van der Waals surface area contributed by atoms with Gasteiger partial charge in [0.1, 0.15) is 5.75 Å². The summed E-state index contributed by atoms with van der Waals surface area (Å²) >= 11 is 0. The van der Waals surface area contributed by atoms with Crippen molar-refractivity contribution in [3.05, 3.63) is 78.3 Å². The molecule has 3 N–H and O–H groups in total. The topological polar surface area (TPSA) is 92.6 Å². The van der Waals surface area contributed by atoms with Crippen LogP contribution in [0, 0.1) is 0 Å². The highest BCUT2D eigenvalue weighted by Crippen LogP contribution is 2.23. The molecular formula is C21H21N3O4. The standard InChI is InChI=1S/C21H21N3O4/c1-2-27-18-10-4-3-9-17(18)24-21(26)22-14-15-7-5-8-16(13-15)23-20(25)19-11-6-12-28-19/h3-13H,2,14H2,1H3,(H,23,25)(H2,22,24,26). The molecule has 3 amide bonds. The van der Waals surface area contributed by atoms with E-state index in [0.29, 0.717) is 30.3 Å². The van der Waals surface area contributed by atoms with Crippen molar-refractivity contribution in [2.24, 2.45) is 0 Å². The van der Waals surface area contributed by atoms with Crippen LogP contribution in [-0.4, -0.2) is 18.5 Å². The van der Waals surface area contributed by atoms with Gasteiger partial charge in [-0.15, -0.1) is 0 Å². The third kappa shape index (κ3) is 5.14. The molecule has 7 nitrogen and oxygen atoms in total. The number of nitrogens with one attached hydrogen (secondary N) is 3. The molecule has 0 aliphatic heterocycles. The number of para-hydroxylation sites is 2. The normalized spacial score (nSPS) is 10.2. The number of rotatable bonds is 7. The molecule has 0 bridgehead atoms. The van der Waals surface area contributed by atoms with Crippen molar-refractivity contribution >= 4 is 23.3 Å². The Labute approximate surface area is 162 Å². The Kier molecular flexibility index (Phi) is 6.30. The number of hydrogen-bond donors (Lipinski definition) is 3. The van der Waals surface area contributed by atoms with E-state index in [1.54, 1.807) is 42.5 Å². The lowest BCUT2D eigenvalue weighted by molar-refractivity contribution is 0.0996. The fourth-order valence-electron chi connectivity index (χ4n) is 2.56. The third-order valence-electron chi connectivity index (χ3n) is 3.82. The lowest BCUT2D eigenvalue weighted by Gasteiger charge is -2.12. The largest absolute Gasteiger partial charge is 0.492 e. The van der Waals surface area contributed by atoms with Gasteiger partial charge in [0.05, 0.1) is 18.6 Å². The van der Waals surface area contributed by atoms with Crippen molar-refractivity contribution in [1.29, 1.82) is 0 Å². The zero-order chi connectivity index (χ0) is 19.8. The van der Waals surface area contributed by atoms with Gasteiger partial charge < -0.3 is 25.1 Å². The van der Waals surface area contributed by atoms with Gasteiger partial charge >= 0.3 is 6.03 Å². The summed E-state index contributed by atoms with van der Waals surface area (Å²) in [5.74, 6) is 0.513. The predicted octanol–water partition coefficient (Wildman–Crippen LogP) is 4.25. The number of amides is 3. The van der Waals surface area contributed by atoms with E-state index in [1.807, 2.05) is 25.1 Å². The van der Waals surface area contributed by atoms with E-state index in [4.69, 9.17) is 9.15 Å². The fourth-order valence-corrected chi connectivity index (χ4v) is 2.56. The molecule has 1 aromatic heterocycles. The fraction of sp³-hybridized carbons (Fsp3) is 0.143. The van der Waals surface area contributed by atoms with Gasteiger partial charge in [0.2, 0.25) is 0 Å². The number of carbonyl (C=O) groups is 2. The summed E-state index contributed by atoms with van der Waals surface area (Å²) in [4.78, 5) is 24.2. The van der Waals surface area contributed by atoms with Gasteiger partial charge in [-0.3, -0.25) is 4.79 Å². The Bertz CT molecular complexity index is 938. The average Bonchev–Trinajstić information content (AvgIpc) is 3.23. The molecule has 3 rings (SSSR count). The molecule has 28 heavy (non-hydrogen) atoms. The van der Waals surface area contributed by atoms with Crippen LogP contribution in [-0.2, 0) is 6.54 Å². The summed E-state index contributed by atoms with van der Waals surface area (Å²) in [7, 11) is 0. The first-order valence-corrected chi connectivity index (χ1v) is 8.86. The Morgan fingerprint density at radius 2 is 1.86 bits per heavy atom. The molecule has 0 saturated heterocycles. The van der Waals surface area contributed by atoms with Crippen molar-refractivity contribution in [3.63, 3.8) is 0 Å². The molecule has 7 heteroatoms. The van der Waals surface area contributed by atoms with Crippen LogP contribution < -0.4 is 20.7 Å². The quantitative estimate of drug-likeness (QED) is 0.572. The maximum absolute atomic E-state index is 12.2. The maximum Gasteiger partial charge on any atom is 0.319 e. The summed E-state index contributed by atoms with van der Waals surface area (Å²) in [6.45, 7) is 2.69. The van der Waals surface area contributed by atoms with Crippen LogP contribution >= 0.6 is 0 Å². The van der Waals surface area contributed by atoms with E-state index in [9.17, 15) is 9.59 Å². The maximum atomic E-state index is 12.2. The van der Waals surface area contributed by atoms with Gasteiger partial charge in [-0.1, -0.05) is 24.3 Å². The van der Waals surface area contributed by atoms with Gasteiger partial charge in [-0.05, 0) is 48.9 Å². The number of anilines is 2. The number of urea groups is 1. The Morgan fingerprint density at radius 1 is 1.00 bits per heavy atom. The highest BCUT2D eigenvalue weighted by molar-refractivity contribution is 6.02. The van der Waals surface area contributed by atoms with E-state index in [2.05, 4.69) is 16.0 Å². The van der Waals surface area contributed by atoms with E-state index in [0.717, 1.165) is 5.56 Å². The Morgan fingerprint density at radius 3 is 2.64 bits per heavy atom. The zero-order valence-electron chi connectivity index (χ0n) is 15.4. The summed E-state index contributed by atoms with van der Waals surface area (Å²) < 4.78 is 10.6. The molecule has 2 aromatic carbocycles. The smallest absolute Gasteiger partial charge is 0.319 e. The van der Waals surface area contributed by atoms with Crippen molar-refractivity contribution in [2.75, 3.05) is 17.2 Å². The van der Waals surface area contributed by atoms with Crippen LogP contribution in [0.4, 0.5) is 16.2 Å². The van der Waals surface area contributed by atoms with Gasteiger partial charge in [-0.2, -0.15) is 0 Å². The second-order valence-electron chi connectivity index (χ2n) is 5.87. The van der Waals surface area contributed by atoms with Crippen LogP contribution in [0.25, 0.3) is 0 Å². The summed E-state index contributed by atoms with van der Waals surface area (Å²) in [6, 6.07) is 17.3. The number of benzene rings is 2. The molecule has 0 aliphatic rings. The molecule has 0 saturated carbocycles. The number of carbonyl (C=O) groups excluding carboxylic acids is 2. The first-order chi connectivity index (χ1) is 13.7. The van der Waals surface area contributed by atoms with E-state index in [-0.39, 0.29) is 17.7 Å². The SMILES string of the molecule is CCOc1ccccc1NC(=O)NCc1cccc(NC(=O)c2ccco2)c1. The molecule has 0 unspecified atom stereocenters. The van der Waals surface area contributed by atoms with E-state index < -0.39 is 0 Å². The van der Waals surface area contributed by atoms with Crippen molar-refractivity contribution < 1.29 is 18.7 Å². The van der Waals surface area contributed by atoms with Crippen LogP contribution in [0.1, 0.15) is 23.0 Å². The zero-order valence-corrected chi connectivity index (χ0v) is 15.4. The highest BCUT2D eigenvalue weighted by atomic mass is 16.5. The molecule has 0 spiro atoms. The predicted molar refractivity (Wildman–Crippen MR) is 107 cm³/mol. The second kappa shape index (κ2) is 9.27. The van der Waals surface area contributed by atoms with Crippen LogP contribution in [0.15, 0.2) is 71.3 Å². The van der Waals surface area contributed by atoms with Crippen molar-refractivity contribution in [2.45, 2.75) is 13.5 Å². The average molecular weight is 379 g/mol. The minimum absolute atomic E-state index is 0.232. The van der Waals surface area contributed by atoms with Gasteiger partial charge in [0.25, 0.3) is 5.91 Å². The minimum atomic E-state index is -0.350. The third-order valence-corrected chi connectivity index (χ3v) is 3.82. The molecular weight excluding hydrogens is 358 g/mol. The van der Waals surface area contributed by atoms with Crippen LogP contribution in [0.3, 0.4) is 0 Å². The van der Waals surface area contributed by atoms with E-state index >= 15 is 0 Å². The van der Waals surface area contributed by atoms with Gasteiger partial charge in [0, 0.05) is 12.2 Å². The number of ether oxygens (including phenoxy) is 1. The molecule has 0 radical (unpaired) electrons. The molecule has 1 heterocycles. The first kappa shape index (κ1) is 19.0. The summed E-state index contributed by atoms with van der Waals surface area (Å²) in [6.07, 6.45) is 1.44. The lowest BCUT2D eigenvalue weighted by Crippen LogP contribution is -2.28. The first-order valence-electron chi connectivity index (χ1n) is 8.86. The number of hydrogen-bond acceptors (Lipinski definition) is 4. The molecule has 0 fully saturated rings. The van der Waals surface area contributed by atoms with Crippen LogP contribution in [0.5, 0.6) is 5.75 Å². The van der Waals surface area contributed by atoms with E-state index in [1.165, 1.54) is 6.26 Å². The monoisotopic (exact) mass is 379 g/mol. The minimum Gasteiger partial charge on any atom is -0.492 e. The van der Waals surface area contributed by atoms with Crippen molar-refractivity contribution in [3.8, 4) is 5.75 Å². The second-order valence-corrected chi connectivity index (χ2v) is 5.87. The van der Waals surface area contributed by atoms with Crippen molar-refractivity contribution in [1.82, 2.24) is 5.32 Å². The number of furan rings is 1. The van der Waals surface area contributed by atoms with Gasteiger partial charge in [0.15, 0.2) is 5.76 Å². The molecule has 144 valence electrons. The lowest BCUT2D eigenvalue weighted by atomic mass is 10.2. The summed E-state index contributed by atoms with van der Waals surface area (Å²) in [5, 5.41) is 8.32. The molecule has 3 aromatic rings. The molecule has 0 aliphatic carbocycles. The highest BCUT2D eigenvalue weighted by Gasteiger charge is 2.10. The van der Waals surface area contributed by atoms with Gasteiger partial charge in [-0.25, -0.2) is 4.79 Å². The van der Waals surface area contributed by atoms with Crippen LogP contribution in [0.2, 0.25) is 0 Å². The Balaban J connectivity index is 1.56.